The van der Waals surface area contributed by atoms with E-state index in [1.807, 2.05) is 0 Å². The summed E-state index contributed by atoms with van der Waals surface area (Å²) >= 11 is 5.07. The highest BCUT2D eigenvalue weighted by atomic mass is 35.5. The second kappa shape index (κ2) is 5.19. The quantitative estimate of drug-likeness (QED) is 0.629. The smallest absolute Gasteiger partial charge is 0.262 e. The number of imide groups is 1. The molecule has 19 heavy (non-hydrogen) atoms. The summed E-state index contributed by atoms with van der Waals surface area (Å²) in [6.45, 7) is -0.778. The molecule has 0 fully saturated rings. The molecule has 1 aromatic carbocycles. The predicted molar refractivity (Wildman–Crippen MR) is 65.7 cm³/mol. The highest BCUT2D eigenvalue weighted by molar-refractivity contribution is 6.64. The van der Waals surface area contributed by atoms with E-state index in [-0.39, 0.29) is 17.7 Å². The third kappa shape index (κ3) is 2.63. The Hall–Kier alpha value is -2.21. The van der Waals surface area contributed by atoms with Crippen molar-refractivity contribution in [3.63, 3.8) is 0 Å². The van der Waals surface area contributed by atoms with Gasteiger partial charge in [-0.1, -0.05) is 12.1 Å². The standard InChI is InChI=1S/C12H9ClN2O4/c13-9(16)5-14-10(17)6-15-11(18)7-3-1-2-4-8(7)12(15)19/h1-4H,5-6H2,(H,14,17). The molecule has 1 aliphatic heterocycles. The number of benzene rings is 1. The molecule has 1 N–H and O–H groups in total. The van der Waals surface area contributed by atoms with Gasteiger partial charge in [0.05, 0.1) is 17.7 Å². The third-order valence-corrected chi connectivity index (χ3v) is 2.74. The van der Waals surface area contributed by atoms with Crippen LogP contribution in [0.3, 0.4) is 0 Å². The predicted octanol–water partition coefficient (Wildman–Crippen LogP) is 0.164. The highest BCUT2D eigenvalue weighted by Crippen LogP contribution is 2.21. The lowest BCUT2D eigenvalue weighted by Crippen LogP contribution is -2.41. The minimum atomic E-state index is -0.726. The minimum absolute atomic E-state index is 0.272. The molecule has 0 aromatic heterocycles. The second-order valence-electron chi connectivity index (χ2n) is 3.87. The van der Waals surface area contributed by atoms with Gasteiger partial charge in [0.1, 0.15) is 6.54 Å². The number of nitrogens with one attached hydrogen (secondary N) is 1. The Labute approximate surface area is 113 Å². The second-order valence-corrected chi connectivity index (χ2v) is 4.30. The largest absolute Gasteiger partial charge is 0.346 e. The molecule has 1 aliphatic rings. The van der Waals surface area contributed by atoms with E-state index in [1.54, 1.807) is 12.1 Å². The third-order valence-electron chi connectivity index (χ3n) is 2.60. The Morgan fingerprint density at radius 2 is 1.63 bits per heavy atom. The summed E-state index contributed by atoms with van der Waals surface area (Å²) in [5.74, 6) is -1.66. The van der Waals surface area contributed by atoms with Gasteiger partial charge in [-0.25, -0.2) is 0 Å². The average molecular weight is 281 g/mol. The van der Waals surface area contributed by atoms with Crippen molar-refractivity contribution in [1.82, 2.24) is 10.2 Å². The maximum absolute atomic E-state index is 11.9. The number of carbonyl (C=O) groups is 4. The fourth-order valence-corrected chi connectivity index (χ4v) is 1.82. The molecule has 0 bridgehead atoms. The Morgan fingerprint density at radius 1 is 1.11 bits per heavy atom. The zero-order valence-electron chi connectivity index (χ0n) is 9.68. The maximum Gasteiger partial charge on any atom is 0.262 e. The summed E-state index contributed by atoms with van der Waals surface area (Å²) in [6, 6.07) is 6.32. The molecular formula is C12H9ClN2O4. The first-order valence-corrected chi connectivity index (χ1v) is 5.78. The maximum atomic E-state index is 11.9. The van der Waals surface area contributed by atoms with E-state index in [0.717, 1.165) is 4.90 Å². The van der Waals surface area contributed by atoms with Crippen LogP contribution >= 0.6 is 11.6 Å². The van der Waals surface area contributed by atoms with E-state index in [9.17, 15) is 19.2 Å². The van der Waals surface area contributed by atoms with Gasteiger partial charge in [-0.05, 0) is 23.7 Å². The van der Waals surface area contributed by atoms with Crippen LogP contribution in [-0.4, -0.2) is 41.0 Å². The van der Waals surface area contributed by atoms with Gasteiger partial charge in [0.15, 0.2) is 0 Å². The number of fused-ring (bicyclic) bond motifs is 1. The van der Waals surface area contributed by atoms with Gasteiger partial charge in [-0.3, -0.25) is 24.1 Å². The van der Waals surface area contributed by atoms with Crippen LogP contribution in [-0.2, 0) is 9.59 Å². The topological polar surface area (TPSA) is 83.6 Å². The van der Waals surface area contributed by atoms with Crippen LogP contribution in [0.5, 0.6) is 0 Å². The van der Waals surface area contributed by atoms with Crippen molar-refractivity contribution in [3.8, 4) is 0 Å². The first kappa shape index (κ1) is 13.2. The summed E-state index contributed by atoms with van der Waals surface area (Å²) in [4.78, 5) is 46.6. The number of carbonyl (C=O) groups excluding carboxylic acids is 4. The Kier molecular flexibility index (Phi) is 3.62. The molecule has 0 atom stereocenters. The number of hydrogen-bond acceptors (Lipinski definition) is 4. The van der Waals surface area contributed by atoms with Gasteiger partial charge in [-0.15, -0.1) is 0 Å². The van der Waals surface area contributed by atoms with Crippen molar-refractivity contribution in [2.24, 2.45) is 0 Å². The van der Waals surface area contributed by atoms with E-state index in [0.29, 0.717) is 0 Å². The van der Waals surface area contributed by atoms with Crippen LogP contribution in [0.15, 0.2) is 24.3 Å². The number of amides is 3. The Bertz CT molecular complexity index is 550. The summed E-state index contributed by atoms with van der Waals surface area (Å²) < 4.78 is 0. The lowest BCUT2D eigenvalue weighted by atomic mass is 10.1. The summed E-state index contributed by atoms with van der Waals surface area (Å²) in [5, 5.41) is 1.48. The van der Waals surface area contributed by atoms with Crippen molar-refractivity contribution in [2.45, 2.75) is 0 Å². The van der Waals surface area contributed by atoms with Crippen LogP contribution in [0.1, 0.15) is 20.7 Å². The van der Waals surface area contributed by atoms with Gasteiger partial charge in [0.25, 0.3) is 11.8 Å². The molecule has 2 rings (SSSR count). The fourth-order valence-electron chi connectivity index (χ4n) is 1.75. The van der Waals surface area contributed by atoms with Gasteiger partial charge >= 0.3 is 0 Å². The monoisotopic (exact) mass is 280 g/mol. The molecule has 0 saturated heterocycles. The van der Waals surface area contributed by atoms with Crippen LogP contribution in [0.4, 0.5) is 0 Å². The molecule has 1 aromatic rings. The first-order chi connectivity index (χ1) is 9.00. The lowest BCUT2D eigenvalue weighted by molar-refractivity contribution is -0.123. The van der Waals surface area contributed by atoms with Crippen LogP contribution in [0, 0.1) is 0 Å². The average Bonchev–Trinajstić information content (AvgIpc) is 2.62. The molecule has 0 saturated carbocycles. The van der Waals surface area contributed by atoms with Crippen molar-refractivity contribution < 1.29 is 19.2 Å². The zero-order chi connectivity index (χ0) is 14.0. The van der Waals surface area contributed by atoms with E-state index in [1.165, 1.54) is 12.1 Å². The van der Waals surface area contributed by atoms with Crippen molar-refractivity contribution >= 4 is 34.6 Å². The molecule has 98 valence electrons. The Balaban J connectivity index is 2.08. The highest BCUT2D eigenvalue weighted by Gasteiger charge is 2.36. The molecule has 3 amide bonds. The molecule has 0 unspecified atom stereocenters. The van der Waals surface area contributed by atoms with E-state index in [4.69, 9.17) is 11.6 Å². The molecule has 0 aliphatic carbocycles. The van der Waals surface area contributed by atoms with E-state index >= 15 is 0 Å². The summed E-state index contributed by atoms with van der Waals surface area (Å²) in [7, 11) is 0. The molecular weight excluding hydrogens is 272 g/mol. The lowest BCUT2D eigenvalue weighted by Gasteiger charge is -2.12. The van der Waals surface area contributed by atoms with Crippen LogP contribution in [0.25, 0.3) is 0 Å². The summed E-state index contributed by atoms with van der Waals surface area (Å²) in [6.07, 6.45) is 0. The van der Waals surface area contributed by atoms with Gasteiger partial charge in [0.2, 0.25) is 11.1 Å². The van der Waals surface area contributed by atoms with E-state index < -0.39 is 29.5 Å². The van der Waals surface area contributed by atoms with Crippen LogP contribution in [0.2, 0.25) is 0 Å². The number of hydrogen-bond donors (Lipinski definition) is 1. The van der Waals surface area contributed by atoms with Gasteiger partial charge < -0.3 is 5.32 Å². The van der Waals surface area contributed by atoms with Crippen molar-refractivity contribution in [1.29, 1.82) is 0 Å². The first-order valence-electron chi connectivity index (χ1n) is 5.41. The SMILES string of the molecule is O=C(Cl)CNC(=O)CN1C(=O)c2ccccc2C1=O. The minimum Gasteiger partial charge on any atom is -0.346 e. The van der Waals surface area contributed by atoms with E-state index in [2.05, 4.69) is 5.32 Å². The van der Waals surface area contributed by atoms with Gasteiger partial charge in [0, 0.05) is 0 Å². The molecule has 7 heteroatoms. The number of rotatable bonds is 4. The zero-order valence-corrected chi connectivity index (χ0v) is 10.4. The molecule has 0 spiro atoms. The van der Waals surface area contributed by atoms with Gasteiger partial charge in [-0.2, -0.15) is 0 Å². The van der Waals surface area contributed by atoms with Crippen molar-refractivity contribution in [3.05, 3.63) is 35.4 Å². The molecule has 1 heterocycles. The number of nitrogens with zero attached hydrogens (tertiary/aromatic N) is 1. The normalized spacial score (nSPS) is 13.4. The number of halogens is 1. The fraction of sp³-hybridized carbons (Fsp3) is 0.167. The molecule has 6 nitrogen and oxygen atoms in total. The summed E-state index contributed by atoms with van der Waals surface area (Å²) in [5.41, 5.74) is 0.544. The Morgan fingerprint density at radius 3 is 2.11 bits per heavy atom. The van der Waals surface area contributed by atoms with Crippen LogP contribution < -0.4 is 5.32 Å². The van der Waals surface area contributed by atoms with Crippen molar-refractivity contribution in [2.75, 3.05) is 13.1 Å². The molecule has 0 radical (unpaired) electrons.